The predicted molar refractivity (Wildman–Crippen MR) is 78.1 cm³/mol. The highest BCUT2D eigenvalue weighted by atomic mass is 35.5. The number of hydrogen-bond acceptors (Lipinski definition) is 5. The van der Waals surface area contributed by atoms with Crippen LogP contribution in [0.3, 0.4) is 0 Å². The van der Waals surface area contributed by atoms with Crippen LogP contribution in [0.15, 0.2) is 18.2 Å². The van der Waals surface area contributed by atoms with Gasteiger partial charge in [-0.15, -0.1) is 11.6 Å². The van der Waals surface area contributed by atoms with E-state index in [-0.39, 0.29) is 23.0 Å². The standard InChI is InChI=1S/C13H17ClN2O5/c1-20-8-10(5-6-14)15-13(17)9-3-4-12(21-2)11(7-9)16(18)19/h3-4,7,10H,5-6,8H2,1-2H3,(H,15,17). The third-order valence-electron chi connectivity index (χ3n) is 2.80. The molecule has 0 aliphatic heterocycles. The van der Waals surface area contributed by atoms with Crippen molar-refractivity contribution in [2.75, 3.05) is 26.7 Å². The Morgan fingerprint density at radius 2 is 2.19 bits per heavy atom. The van der Waals surface area contributed by atoms with E-state index in [9.17, 15) is 14.9 Å². The van der Waals surface area contributed by atoms with Gasteiger partial charge in [-0.3, -0.25) is 14.9 Å². The Balaban J connectivity index is 2.91. The third-order valence-corrected chi connectivity index (χ3v) is 3.02. The molecule has 1 N–H and O–H groups in total. The third kappa shape index (κ3) is 4.87. The van der Waals surface area contributed by atoms with Crippen LogP contribution in [-0.2, 0) is 4.74 Å². The minimum atomic E-state index is -0.596. The van der Waals surface area contributed by atoms with Gasteiger partial charge in [0, 0.05) is 24.6 Å². The zero-order valence-corrected chi connectivity index (χ0v) is 12.6. The molecule has 0 bridgehead atoms. The summed E-state index contributed by atoms with van der Waals surface area (Å²) in [4.78, 5) is 22.4. The summed E-state index contributed by atoms with van der Waals surface area (Å²) in [6.45, 7) is 0.316. The summed E-state index contributed by atoms with van der Waals surface area (Å²) < 4.78 is 9.88. The number of hydrogen-bond donors (Lipinski definition) is 1. The first kappa shape index (κ1) is 17.2. The number of methoxy groups -OCH3 is 2. The molecule has 0 aliphatic rings. The van der Waals surface area contributed by atoms with E-state index in [2.05, 4.69) is 5.32 Å². The van der Waals surface area contributed by atoms with Gasteiger partial charge in [0.2, 0.25) is 0 Å². The number of benzene rings is 1. The lowest BCUT2D eigenvalue weighted by atomic mass is 10.1. The van der Waals surface area contributed by atoms with E-state index in [1.165, 1.54) is 32.4 Å². The van der Waals surface area contributed by atoms with E-state index in [1.54, 1.807) is 0 Å². The fraction of sp³-hybridized carbons (Fsp3) is 0.462. The lowest BCUT2D eigenvalue weighted by Crippen LogP contribution is -2.38. The number of amides is 1. The van der Waals surface area contributed by atoms with Gasteiger partial charge in [0.05, 0.1) is 24.7 Å². The molecule has 1 rings (SSSR count). The van der Waals surface area contributed by atoms with Crippen molar-refractivity contribution < 1.29 is 19.2 Å². The lowest BCUT2D eigenvalue weighted by Gasteiger charge is -2.16. The summed E-state index contributed by atoms with van der Waals surface area (Å²) >= 11 is 5.66. The van der Waals surface area contributed by atoms with Gasteiger partial charge in [-0.05, 0) is 18.6 Å². The number of ether oxygens (including phenoxy) is 2. The van der Waals surface area contributed by atoms with Crippen molar-refractivity contribution in [2.45, 2.75) is 12.5 Å². The Morgan fingerprint density at radius 3 is 2.71 bits per heavy atom. The maximum Gasteiger partial charge on any atom is 0.311 e. The van der Waals surface area contributed by atoms with Crippen LogP contribution in [0.1, 0.15) is 16.8 Å². The van der Waals surface area contributed by atoms with Crippen LogP contribution in [0.4, 0.5) is 5.69 Å². The molecular formula is C13H17ClN2O5. The van der Waals surface area contributed by atoms with Gasteiger partial charge in [-0.1, -0.05) is 0 Å². The van der Waals surface area contributed by atoms with Crippen molar-refractivity contribution in [3.63, 3.8) is 0 Å². The van der Waals surface area contributed by atoms with Gasteiger partial charge in [-0.25, -0.2) is 0 Å². The van der Waals surface area contributed by atoms with Gasteiger partial charge in [-0.2, -0.15) is 0 Å². The second-order valence-electron chi connectivity index (χ2n) is 4.25. The summed E-state index contributed by atoms with van der Waals surface area (Å²) in [6, 6.07) is 3.78. The van der Waals surface area contributed by atoms with Crippen LogP contribution in [0.25, 0.3) is 0 Å². The number of carbonyl (C=O) groups excluding carboxylic acids is 1. The summed E-state index contributed by atoms with van der Waals surface area (Å²) in [7, 11) is 2.85. The number of nitrogens with one attached hydrogen (secondary N) is 1. The molecule has 1 aromatic rings. The molecule has 0 aliphatic carbocycles. The van der Waals surface area contributed by atoms with Crippen LogP contribution >= 0.6 is 11.6 Å². The number of alkyl halides is 1. The average Bonchev–Trinajstić information content (AvgIpc) is 2.46. The molecule has 1 atom stereocenters. The molecule has 1 aromatic carbocycles. The largest absolute Gasteiger partial charge is 0.490 e. The van der Waals surface area contributed by atoms with Crippen molar-refractivity contribution in [3.05, 3.63) is 33.9 Å². The number of nitro groups is 1. The summed E-state index contributed by atoms with van der Waals surface area (Å²) in [6.07, 6.45) is 0.541. The van der Waals surface area contributed by atoms with E-state index in [1.807, 2.05) is 0 Å². The lowest BCUT2D eigenvalue weighted by molar-refractivity contribution is -0.385. The Kier molecular flexibility index (Phi) is 6.90. The maximum atomic E-state index is 12.1. The Morgan fingerprint density at radius 1 is 1.48 bits per heavy atom. The number of nitrogens with zero attached hydrogens (tertiary/aromatic N) is 1. The number of nitro benzene ring substituents is 1. The average molecular weight is 317 g/mol. The zero-order valence-electron chi connectivity index (χ0n) is 11.8. The minimum Gasteiger partial charge on any atom is -0.490 e. The smallest absolute Gasteiger partial charge is 0.311 e. The van der Waals surface area contributed by atoms with Crippen LogP contribution in [0.2, 0.25) is 0 Å². The highest BCUT2D eigenvalue weighted by molar-refractivity contribution is 6.17. The monoisotopic (exact) mass is 316 g/mol. The van der Waals surface area contributed by atoms with Crippen molar-refractivity contribution >= 4 is 23.2 Å². The van der Waals surface area contributed by atoms with Gasteiger partial charge in [0.15, 0.2) is 5.75 Å². The zero-order chi connectivity index (χ0) is 15.8. The first-order valence-electron chi connectivity index (χ1n) is 6.21. The first-order valence-corrected chi connectivity index (χ1v) is 6.75. The number of rotatable bonds is 8. The van der Waals surface area contributed by atoms with Crippen LogP contribution in [0.5, 0.6) is 5.75 Å². The molecule has 0 fully saturated rings. The minimum absolute atomic E-state index is 0.103. The molecule has 116 valence electrons. The quantitative estimate of drug-likeness (QED) is 0.450. The van der Waals surface area contributed by atoms with Crippen LogP contribution in [-0.4, -0.2) is 43.6 Å². The molecule has 7 nitrogen and oxygen atoms in total. The Labute approximate surface area is 127 Å². The molecule has 0 spiro atoms. The topological polar surface area (TPSA) is 90.7 Å². The fourth-order valence-corrected chi connectivity index (χ4v) is 2.04. The summed E-state index contributed by atoms with van der Waals surface area (Å²) in [5.41, 5.74) is -0.0797. The Bertz CT molecular complexity index is 503. The van der Waals surface area contributed by atoms with Gasteiger partial charge in [0.25, 0.3) is 5.91 Å². The number of carbonyl (C=O) groups is 1. The van der Waals surface area contributed by atoms with E-state index < -0.39 is 10.8 Å². The summed E-state index contributed by atoms with van der Waals surface area (Å²) in [5.74, 6) is 0.0514. The number of halogens is 1. The van der Waals surface area contributed by atoms with Crippen molar-refractivity contribution in [1.82, 2.24) is 5.32 Å². The molecule has 0 saturated heterocycles. The highest BCUT2D eigenvalue weighted by Crippen LogP contribution is 2.27. The molecule has 1 unspecified atom stereocenters. The normalized spacial score (nSPS) is 11.8. The van der Waals surface area contributed by atoms with Crippen molar-refractivity contribution in [3.8, 4) is 5.75 Å². The van der Waals surface area contributed by atoms with E-state index in [0.717, 1.165) is 0 Å². The van der Waals surface area contributed by atoms with Gasteiger partial charge < -0.3 is 14.8 Å². The molecule has 0 aromatic heterocycles. The maximum absolute atomic E-state index is 12.1. The highest BCUT2D eigenvalue weighted by Gasteiger charge is 2.19. The van der Waals surface area contributed by atoms with Gasteiger partial charge in [0.1, 0.15) is 0 Å². The summed E-state index contributed by atoms with van der Waals surface area (Å²) in [5, 5.41) is 13.7. The predicted octanol–water partition coefficient (Wildman–Crippen LogP) is 1.98. The van der Waals surface area contributed by atoms with E-state index in [4.69, 9.17) is 21.1 Å². The first-order chi connectivity index (χ1) is 10.0. The molecule has 0 heterocycles. The molecule has 0 saturated carbocycles. The van der Waals surface area contributed by atoms with E-state index in [0.29, 0.717) is 18.9 Å². The molecule has 8 heteroatoms. The molecular weight excluding hydrogens is 300 g/mol. The SMILES string of the molecule is COCC(CCCl)NC(=O)c1ccc(OC)c([N+](=O)[O-])c1. The van der Waals surface area contributed by atoms with Crippen LogP contribution < -0.4 is 10.1 Å². The van der Waals surface area contributed by atoms with Gasteiger partial charge >= 0.3 is 5.69 Å². The van der Waals surface area contributed by atoms with Crippen molar-refractivity contribution in [2.24, 2.45) is 0 Å². The fourth-order valence-electron chi connectivity index (χ4n) is 1.77. The second-order valence-corrected chi connectivity index (χ2v) is 4.63. The van der Waals surface area contributed by atoms with Crippen LogP contribution in [0, 0.1) is 10.1 Å². The van der Waals surface area contributed by atoms with Crippen molar-refractivity contribution in [1.29, 1.82) is 0 Å². The molecule has 21 heavy (non-hydrogen) atoms. The molecule has 0 radical (unpaired) electrons. The molecule has 1 amide bonds. The second kappa shape index (κ2) is 8.43. The Hall–Kier alpha value is -1.86. The van der Waals surface area contributed by atoms with E-state index >= 15 is 0 Å².